The van der Waals surface area contributed by atoms with Crippen LogP contribution in [0, 0.1) is 0 Å². The van der Waals surface area contributed by atoms with Gasteiger partial charge in [-0.1, -0.05) is 6.42 Å². The summed E-state index contributed by atoms with van der Waals surface area (Å²) in [6.07, 6.45) is 8.80. The average molecular weight is 354 g/mol. The zero-order chi connectivity index (χ0) is 17.2. The number of hydrogen-bond acceptors (Lipinski definition) is 6. The zero-order valence-corrected chi connectivity index (χ0v) is 15.2. The van der Waals surface area contributed by atoms with Gasteiger partial charge < -0.3 is 9.64 Å². The second-order valence-electron chi connectivity index (χ2n) is 6.65. The predicted molar refractivity (Wildman–Crippen MR) is 92.8 cm³/mol. The normalized spacial score (nSPS) is 23.0. The molecule has 7 nitrogen and oxygen atoms in total. The molecule has 0 N–H and O–H groups in total. The summed E-state index contributed by atoms with van der Waals surface area (Å²) in [6.45, 7) is 1.60. The highest BCUT2D eigenvalue weighted by atomic mass is 32.2. The molecule has 2 aliphatic rings. The SMILES string of the molecule is COc1ccnc(N2CCC[C@@H](N(C3CCC3)S(C)(=O)=O)CC2)n1. The summed E-state index contributed by atoms with van der Waals surface area (Å²) in [5.74, 6) is 1.21. The first kappa shape index (κ1) is 17.4. The van der Waals surface area contributed by atoms with E-state index in [1.807, 2.05) is 0 Å². The molecule has 0 spiro atoms. The van der Waals surface area contributed by atoms with E-state index in [9.17, 15) is 8.42 Å². The molecule has 3 rings (SSSR count). The van der Waals surface area contributed by atoms with Crippen LogP contribution in [0.25, 0.3) is 0 Å². The third kappa shape index (κ3) is 3.80. The number of anilines is 1. The molecule has 24 heavy (non-hydrogen) atoms. The topological polar surface area (TPSA) is 75.6 Å². The molecule has 0 bridgehead atoms. The second kappa shape index (κ2) is 7.23. The van der Waals surface area contributed by atoms with E-state index in [1.165, 1.54) is 6.26 Å². The van der Waals surface area contributed by atoms with Crippen LogP contribution in [0.4, 0.5) is 5.95 Å². The Hall–Kier alpha value is -1.41. The quantitative estimate of drug-likeness (QED) is 0.800. The van der Waals surface area contributed by atoms with Gasteiger partial charge in [-0.3, -0.25) is 0 Å². The fourth-order valence-corrected chi connectivity index (χ4v) is 5.12. The van der Waals surface area contributed by atoms with Gasteiger partial charge in [0.15, 0.2) is 0 Å². The minimum Gasteiger partial charge on any atom is -0.481 e. The van der Waals surface area contributed by atoms with Gasteiger partial charge in [-0.05, 0) is 32.1 Å². The van der Waals surface area contributed by atoms with Crippen LogP contribution in [0.5, 0.6) is 5.88 Å². The van der Waals surface area contributed by atoms with Crippen molar-refractivity contribution in [3.05, 3.63) is 12.3 Å². The number of rotatable bonds is 5. The standard InChI is InChI=1S/C16H26N4O3S/c1-23-15-8-10-17-16(18-15)19-11-4-7-14(9-12-19)20(24(2,21)22)13-5-3-6-13/h8,10,13-14H,3-7,9,11-12H2,1-2H3/t14-/m1/s1. The van der Waals surface area contributed by atoms with E-state index in [2.05, 4.69) is 14.9 Å². The highest BCUT2D eigenvalue weighted by Crippen LogP contribution is 2.32. The molecule has 8 heteroatoms. The molecule has 0 unspecified atom stereocenters. The smallest absolute Gasteiger partial charge is 0.228 e. The van der Waals surface area contributed by atoms with Crippen molar-refractivity contribution in [1.82, 2.24) is 14.3 Å². The first-order valence-electron chi connectivity index (χ1n) is 8.59. The number of sulfonamides is 1. The van der Waals surface area contributed by atoms with Gasteiger partial charge in [0, 0.05) is 37.4 Å². The summed E-state index contributed by atoms with van der Waals surface area (Å²) < 4.78 is 31.5. The second-order valence-corrected chi connectivity index (χ2v) is 8.54. The van der Waals surface area contributed by atoms with Crippen LogP contribution in [0.15, 0.2) is 12.3 Å². The van der Waals surface area contributed by atoms with Gasteiger partial charge >= 0.3 is 0 Å². The summed E-state index contributed by atoms with van der Waals surface area (Å²) >= 11 is 0. The molecule has 1 aromatic heterocycles. The highest BCUT2D eigenvalue weighted by molar-refractivity contribution is 7.88. The molecule has 1 aliphatic carbocycles. The first-order valence-corrected chi connectivity index (χ1v) is 10.4. The summed E-state index contributed by atoms with van der Waals surface area (Å²) in [4.78, 5) is 10.9. The van der Waals surface area contributed by atoms with Crippen molar-refractivity contribution < 1.29 is 13.2 Å². The van der Waals surface area contributed by atoms with Crippen LogP contribution in [0.3, 0.4) is 0 Å². The Morgan fingerprint density at radius 3 is 2.50 bits per heavy atom. The summed E-state index contributed by atoms with van der Waals surface area (Å²) in [5.41, 5.74) is 0. The van der Waals surface area contributed by atoms with E-state index >= 15 is 0 Å². The van der Waals surface area contributed by atoms with Gasteiger partial charge in [-0.15, -0.1) is 0 Å². The average Bonchev–Trinajstić information content (AvgIpc) is 2.75. The number of ether oxygens (including phenoxy) is 1. The predicted octanol–water partition coefficient (Wildman–Crippen LogP) is 1.66. The number of methoxy groups -OCH3 is 1. The Bertz CT molecular complexity index is 663. The van der Waals surface area contributed by atoms with Gasteiger partial charge in [-0.2, -0.15) is 9.29 Å². The van der Waals surface area contributed by atoms with Gasteiger partial charge in [0.05, 0.1) is 13.4 Å². The van der Waals surface area contributed by atoms with Gasteiger partial charge in [0.2, 0.25) is 21.9 Å². The lowest BCUT2D eigenvalue weighted by atomic mass is 9.91. The lowest BCUT2D eigenvalue weighted by Gasteiger charge is -2.40. The Morgan fingerprint density at radius 1 is 1.17 bits per heavy atom. The van der Waals surface area contributed by atoms with Gasteiger partial charge in [-0.25, -0.2) is 13.4 Å². The molecule has 1 atom stereocenters. The van der Waals surface area contributed by atoms with Crippen molar-refractivity contribution in [3.8, 4) is 5.88 Å². The van der Waals surface area contributed by atoms with Crippen molar-refractivity contribution in [2.45, 2.75) is 50.6 Å². The van der Waals surface area contributed by atoms with Crippen molar-refractivity contribution >= 4 is 16.0 Å². The van der Waals surface area contributed by atoms with Crippen molar-refractivity contribution in [2.75, 3.05) is 31.4 Å². The molecular formula is C16H26N4O3S. The van der Waals surface area contributed by atoms with Crippen LogP contribution < -0.4 is 9.64 Å². The number of aromatic nitrogens is 2. The fourth-order valence-electron chi connectivity index (χ4n) is 3.61. The number of nitrogens with zero attached hydrogens (tertiary/aromatic N) is 4. The lowest BCUT2D eigenvalue weighted by molar-refractivity contribution is 0.164. The molecule has 1 aromatic rings. The minimum absolute atomic E-state index is 0.0842. The van der Waals surface area contributed by atoms with E-state index in [4.69, 9.17) is 4.74 Å². The Balaban J connectivity index is 1.72. The van der Waals surface area contributed by atoms with Crippen molar-refractivity contribution in [2.24, 2.45) is 0 Å². The summed E-state index contributed by atoms with van der Waals surface area (Å²) in [7, 11) is -1.58. The van der Waals surface area contributed by atoms with Crippen LogP contribution in [0.2, 0.25) is 0 Å². The first-order chi connectivity index (χ1) is 11.5. The highest BCUT2D eigenvalue weighted by Gasteiger charge is 2.37. The van der Waals surface area contributed by atoms with Crippen molar-refractivity contribution in [3.63, 3.8) is 0 Å². The maximum absolute atomic E-state index is 12.3. The van der Waals surface area contributed by atoms with Crippen LogP contribution in [-0.2, 0) is 10.0 Å². The van der Waals surface area contributed by atoms with Crippen LogP contribution >= 0.6 is 0 Å². The Labute approximate surface area is 144 Å². The maximum Gasteiger partial charge on any atom is 0.228 e. The van der Waals surface area contributed by atoms with E-state index in [0.717, 1.165) is 51.6 Å². The molecule has 2 heterocycles. The van der Waals surface area contributed by atoms with E-state index in [-0.39, 0.29) is 12.1 Å². The molecule has 2 fully saturated rings. The van der Waals surface area contributed by atoms with Gasteiger partial charge in [0.25, 0.3) is 0 Å². The molecule has 0 radical (unpaired) electrons. The molecule has 1 saturated heterocycles. The largest absolute Gasteiger partial charge is 0.481 e. The maximum atomic E-state index is 12.3. The molecule has 0 aromatic carbocycles. The fraction of sp³-hybridized carbons (Fsp3) is 0.750. The van der Waals surface area contributed by atoms with E-state index in [1.54, 1.807) is 23.7 Å². The molecule has 0 amide bonds. The van der Waals surface area contributed by atoms with E-state index in [0.29, 0.717) is 11.8 Å². The summed E-state index contributed by atoms with van der Waals surface area (Å²) in [6, 6.07) is 2.01. The molecule has 1 saturated carbocycles. The van der Waals surface area contributed by atoms with E-state index < -0.39 is 10.0 Å². The minimum atomic E-state index is -3.17. The lowest BCUT2D eigenvalue weighted by Crippen LogP contribution is -2.49. The Kier molecular flexibility index (Phi) is 5.24. The van der Waals surface area contributed by atoms with Crippen molar-refractivity contribution in [1.29, 1.82) is 0 Å². The molecular weight excluding hydrogens is 328 g/mol. The molecule has 134 valence electrons. The van der Waals surface area contributed by atoms with Crippen LogP contribution in [0.1, 0.15) is 38.5 Å². The third-order valence-corrected chi connectivity index (χ3v) is 6.35. The number of hydrogen-bond donors (Lipinski definition) is 0. The van der Waals surface area contributed by atoms with Crippen LogP contribution in [-0.4, -0.2) is 61.2 Å². The third-order valence-electron chi connectivity index (χ3n) is 4.98. The molecule has 1 aliphatic heterocycles. The van der Waals surface area contributed by atoms with Gasteiger partial charge in [0.1, 0.15) is 0 Å². The summed E-state index contributed by atoms with van der Waals surface area (Å²) in [5, 5.41) is 0. The Morgan fingerprint density at radius 2 is 1.88 bits per heavy atom. The monoisotopic (exact) mass is 354 g/mol. The zero-order valence-electron chi connectivity index (χ0n) is 14.4.